The highest BCUT2D eigenvalue weighted by Gasteiger charge is 2.04. The van der Waals surface area contributed by atoms with Gasteiger partial charge in [-0.25, -0.2) is 9.97 Å². The van der Waals surface area contributed by atoms with E-state index >= 15 is 0 Å². The Morgan fingerprint density at radius 1 is 1.55 bits per heavy atom. The number of terminal acetylenes is 1. The molecule has 0 atom stereocenters. The maximum absolute atomic E-state index is 5.25. The zero-order valence-electron chi connectivity index (χ0n) is 6.70. The summed E-state index contributed by atoms with van der Waals surface area (Å²) in [6, 6.07) is 0. The van der Waals surface area contributed by atoms with Crippen LogP contribution in [0.4, 0.5) is 0 Å². The summed E-state index contributed by atoms with van der Waals surface area (Å²) >= 11 is 0. The molecule has 0 aliphatic carbocycles. The van der Waals surface area contributed by atoms with Crippen molar-refractivity contribution in [3.05, 3.63) is 23.8 Å². The Bertz CT molecular complexity index is 284. The number of aromatic nitrogens is 2. The van der Waals surface area contributed by atoms with Crippen molar-refractivity contribution in [2.24, 2.45) is 0 Å². The molecule has 0 aliphatic heterocycles. The van der Waals surface area contributed by atoms with Crippen LogP contribution in [0.3, 0.4) is 0 Å². The lowest BCUT2D eigenvalue weighted by molar-refractivity contribution is 0.840. The Hall–Kier alpha value is -1.36. The Kier molecular flexibility index (Phi) is 2.22. The fourth-order valence-electron chi connectivity index (χ4n) is 0.883. The van der Waals surface area contributed by atoms with Crippen molar-refractivity contribution in [2.75, 3.05) is 0 Å². The number of nitrogens with zero attached hydrogens (tertiary/aromatic N) is 2. The summed E-state index contributed by atoms with van der Waals surface area (Å²) in [5.74, 6) is 2.92. The van der Waals surface area contributed by atoms with Crippen LogP contribution < -0.4 is 0 Å². The molecule has 0 spiro atoms. The van der Waals surface area contributed by atoms with E-state index < -0.39 is 0 Å². The Morgan fingerprint density at radius 2 is 2.27 bits per heavy atom. The summed E-state index contributed by atoms with van der Waals surface area (Å²) in [5.41, 5.74) is 1.74. The second kappa shape index (κ2) is 3.16. The van der Waals surface area contributed by atoms with Crippen LogP contribution in [0.15, 0.2) is 12.5 Å². The van der Waals surface area contributed by atoms with E-state index in [4.69, 9.17) is 6.42 Å². The van der Waals surface area contributed by atoms with Crippen molar-refractivity contribution in [1.82, 2.24) is 9.97 Å². The molecule has 2 heteroatoms. The van der Waals surface area contributed by atoms with Crippen LogP contribution in [0, 0.1) is 12.3 Å². The monoisotopic (exact) mass is 146 g/mol. The molecule has 1 aromatic rings. The van der Waals surface area contributed by atoms with Crippen LogP contribution in [-0.4, -0.2) is 9.97 Å². The minimum atomic E-state index is 0.391. The van der Waals surface area contributed by atoms with Crippen molar-refractivity contribution in [3.63, 3.8) is 0 Å². The van der Waals surface area contributed by atoms with Crippen molar-refractivity contribution in [1.29, 1.82) is 0 Å². The van der Waals surface area contributed by atoms with Gasteiger partial charge < -0.3 is 0 Å². The van der Waals surface area contributed by atoms with Gasteiger partial charge in [0.15, 0.2) is 0 Å². The molecule has 0 saturated carbocycles. The molecule has 0 bridgehead atoms. The highest BCUT2D eigenvalue weighted by molar-refractivity contribution is 5.33. The predicted octanol–water partition coefficient (Wildman–Crippen LogP) is 1.58. The zero-order valence-corrected chi connectivity index (χ0v) is 6.70. The molecule has 0 radical (unpaired) electrons. The number of hydrogen-bond donors (Lipinski definition) is 0. The third-order valence-corrected chi connectivity index (χ3v) is 1.50. The summed E-state index contributed by atoms with van der Waals surface area (Å²) in [5, 5.41) is 0. The average Bonchev–Trinajstić information content (AvgIpc) is 2.04. The fourth-order valence-corrected chi connectivity index (χ4v) is 0.883. The van der Waals surface area contributed by atoms with Crippen LogP contribution in [0.1, 0.15) is 31.0 Å². The zero-order chi connectivity index (χ0) is 8.27. The average molecular weight is 146 g/mol. The summed E-state index contributed by atoms with van der Waals surface area (Å²) in [7, 11) is 0. The third kappa shape index (κ3) is 1.56. The van der Waals surface area contributed by atoms with E-state index in [9.17, 15) is 0 Å². The van der Waals surface area contributed by atoms with Gasteiger partial charge in [-0.2, -0.15) is 0 Å². The van der Waals surface area contributed by atoms with Crippen molar-refractivity contribution in [2.45, 2.75) is 19.8 Å². The quantitative estimate of drug-likeness (QED) is 0.562. The molecule has 0 saturated heterocycles. The van der Waals surface area contributed by atoms with Gasteiger partial charge in [0.1, 0.15) is 12.0 Å². The Morgan fingerprint density at radius 3 is 2.73 bits per heavy atom. The first-order valence-electron chi connectivity index (χ1n) is 3.52. The number of rotatable bonds is 1. The molecule has 0 unspecified atom stereocenters. The van der Waals surface area contributed by atoms with Gasteiger partial charge in [-0.3, -0.25) is 0 Å². The normalized spacial score (nSPS) is 9.64. The maximum Gasteiger partial charge on any atom is 0.119 e. The fraction of sp³-hybridized carbons (Fsp3) is 0.333. The second-order valence-electron chi connectivity index (χ2n) is 2.63. The molecule has 0 fully saturated rings. The summed E-state index contributed by atoms with van der Waals surface area (Å²) in [6.45, 7) is 4.14. The molecule has 0 aromatic carbocycles. The first-order chi connectivity index (χ1) is 5.25. The van der Waals surface area contributed by atoms with Crippen LogP contribution in [0.5, 0.6) is 0 Å². The summed E-state index contributed by atoms with van der Waals surface area (Å²) in [4.78, 5) is 7.88. The lowest BCUT2D eigenvalue weighted by Gasteiger charge is -2.04. The van der Waals surface area contributed by atoms with Crippen LogP contribution in [0.25, 0.3) is 0 Å². The van der Waals surface area contributed by atoms with E-state index in [1.165, 1.54) is 6.33 Å². The first-order valence-corrected chi connectivity index (χ1v) is 3.52. The molecule has 1 aromatic heterocycles. The van der Waals surface area contributed by atoms with E-state index in [1.54, 1.807) is 6.20 Å². The van der Waals surface area contributed by atoms with Gasteiger partial charge in [-0.15, -0.1) is 6.42 Å². The molecule has 0 N–H and O–H groups in total. The third-order valence-electron chi connectivity index (χ3n) is 1.50. The van der Waals surface area contributed by atoms with Gasteiger partial charge in [0.05, 0.1) is 0 Å². The second-order valence-corrected chi connectivity index (χ2v) is 2.63. The Balaban J connectivity index is 3.15. The van der Waals surface area contributed by atoms with Gasteiger partial charge in [-0.1, -0.05) is 13.8 Å². The first kappa shape index (κ1) is 7.74. The van der Waals surface area contributed by atoms with Crippen molar-refractivity contribution < 1.29 is 0 Å². The van der Waals surface area contributed by atoms with Gasteiger partial charge in [-0.05, 0) is 11.8 Å². The van der Waals surface area contributed by atoms with E-state index in [1.807, 2.05) is 0 Å². The van der Waals surface area contributed by atoms with Crippen LogP contribution >= 0.6 is 0 Å². The van der Waals surface area contributed by atoms with Crippen LogP contribution in [0.2, 0.25) is 0 Å². The van der Waals surface area contributed by atoms with Gasteiger partial charge in [0, 0.05) is 11.8 Å². The maximum atomic E-state index is 5.25. The topological polar surface area (TPSA) is 25.8 Å². The highest BCUT2D eigenvalue weighted by Crippen LogP contribution is 2.14. The Labute approximate surface area is 66.7 Å². The molecule has 0 aliphatic rings. The van der Waals surface area contributed by atoms with E-state index in [0.29, 0.717) is 11.6 Å². The summed E-state index contributed by atoms with van der Waals surface area (Å²) < 4.78 is 0. The molecule has 2 nitrogen and oxygen atoms in total. The smallest absolute Gasteiger partial charge is 0.119 e. The molecule has 1 heterocycles. The van der Waals surface area contributed by atoms with Crippen molar-refractivity contribution in [3.8, 4) is 12.3 Å². The largest absolute Gasteiger partial charge is 0.244 e. The van der Waals surface area contributed by atoms with E-state index in [0.717, 1.165) is 5.56 Å². The van der Waals surface area contributed by atoms with Crippen molar-refractivity contribution >= 4 is 0 Å². The molecule has 11 heavy (non-hydrogen) atoms. The molecule has 0 amide bonds. The van der Waals surface area contributed by atoms with Gasteiger partial charge >= 0.3 is 0 Å². The molecule has 56 valence electrons. The summed E-state index contributed by atoms with van der Waals surface area (Å²) in [6.07, 6.45) is 8.49. The predicted molar refractivity (Wildman–Crippen MR) is 44.1 cm³/mol. The van der Waals surface area contributed by atoms with E-state index in [2.05, 4.69) is 29.7 Å². The lowest BCUT2D eigenvalue weighted by atomic mass is 10.0. The van der Waals surface area contributed by atoms with Crippen LogP contribution in [-0.2, 0) is 0 Å². The van der Waals surface area contributed by atoms with Gasteiger partial charge in [0.2, 0.25) is 0 Å². The van der Waals surface area contributed by atoms with E-state index in [-0.39, 0.29) is 0 Å². The lowest BCUT2D eigenvalue weighted by Crippen LogP contribution is -1.96. The van der Waals surface area contributed by atoms with Gasteiger partial charge in [0.25, 0.3) is 0 Å². The molecular formula is C9H10N2. The molecular weight excluding hydrogens is 136 g/mol. The minimum Gasteiger partial charge on any atom is -0.244 e. The SMILES string of the molecule is C#Cc1ncncc1C(C)C. The number of hydrogen-bond acceptors (Lipinski definition) is 2. The minimum absolute atomic E-state index is 0.391. The standard InChI is InChI=1S/C9H10N2/c1-4-9-8(7(2)3)5-10-6-11-9/h1,5-7H,2-3H3. The highest BCUT2D eigenvalue weighted by atomic mass is 14.8. The molecule has 1 rings (SSSR count).